The lowest BCUT2D eigenvalue weighted by atomic mass is 10.1. The number of carbonyl (C=O) groups excluding carboxylic acids is 2. The normalized spacial score (nSPS) is 13.4. The third-order valence-electron chi connectivity index (χ3n) is 4.63. The van der Waals surface area contributed by atoms with Gasteiger partial charge in [0.05, 0.1) is 5.52 Å². The molecule has 0 fully saturated rings. The molecule has 30 heavy (non-hydrogen) atoms. The maximum Gasteiger partial charge on any atom is 0.331 e. The minimum Gasteiger partial charge on any atom is -0.454 e. The van der Waals surface area contributed by atoms with Crippen LogP contribution >= 0.6 is 0 Å². The molecule has 7 nitrogen and oxygen atoms in total. The fraction of sp³-hybridized carbons (Fsp3) is 0.174. The van der Waals surface area contributed by atoms with Crippen LogP contribution in [0.2, 0.25) is 0 Å². The van der Waals surface area contributed by atoms with Gasteiger partial charge in [-0.2, -0.15) is 0 Å². The Kier molecular flexibility index (Phi) is 5.61. The molecular formula is C23H20N2O5. The quantitative estimate of drug-likeness (QED) is 0.501. The summed E-state index contributed by atoms with van der Waals surface area (Å²) < 4.78 is 15.8. The van der Waals surface area contributed by atoms with Gasteiger partial charge in [0.2, 0.25) is 6.79 Å². The summed E-state index contributed by atoms with van der Waals surface area (Å²) in [6.45, 7) is 2.01. The van der Waals surface area contributed by atoms with Crippen LogP contribution in [0.4, 0.5) is 0 Å². The van der Waals surface area contributed by atoms with Crippen LogP contribution < -0.4 is 14.8 Å². The Bertz CT molecular complexity index is 1120. The van der Waals surface area contributed by atoms with Crippen molar-refractivity contribution < 1.29 is 23.8 Å². The summed E-state index contributed by atoms with van der Waals surface area (Å²) in [6, 6.07) is 14.9. The predicted octanol–water partition coefficient (Wildman–Crippen LogP) is 3.22. The number of aromatic nitrogens is 1. The molecular weight excluding hydrogens is 384 g/mol. The lowest BCUT2D eigenvalue weighted by Crippen LogP contribution is -2.35. The molecule has 1 amide bonds. The van der Waals surface area contributed by atoms with Gasteiger partial charge in [-0.05, 0) is 36.8 Å². The minimum absolute atomic E-state index is 0.195. The molecule has 0 saturated carbocycles. The molecule has 1 atom stereocenters. The molecule has 3 aromatic rings. The zero-order valence-corrected chi connectivity index (χ0v) is 16.3. The van der Waals surface area contributed by atoms with Crippen LogP contribution in [-0.4, -0.2) is 29.8 Å². The first-order chi connectivity index (χ1) is 14.6. The van der Waals surface area contributed by atoms with Gasteiger partial charge in [0.25, 0.3) is 5.91 Å². The third-order valence-corrected chi connectivity index (χ3v) is 4.63. The molecule has 0 radical (unpaired) electrons. The number of rotatable bonds is 6. The molecule has 2 heterocycles. The Morgan fingerprint density at radius 2 is 2.00 bits per heavy atom. The predicted molar refractivity (Wildman–Crippen MR) is 111 cm³/mol. The molecule has 1 aliphatic heterocycles. The van der Waals surface area contributed by atoms with Crippen LogP contribution in [-0.2, 0) is 20.9 Å². The van der Waals surface area contributed by atoms with Crippen molar-refractivity contribution in [3.8, 4) is 11.5 Å². The van der Waals surface area contributed by atoms with E-state index in [9.17, 15) is 9.59 Å². The molecule has 0 spiro atoms. The van der Waals surface area contributed by atoms with Gasteiger partial charge >= 0.3 is 5.97 Å². The fourth-order valence-corrected chi connectivity index (χ4v) is 3.07. The lowest BCUT2D eigenvalue weighted by molar-refractivity contribution is -0.150. The van der Waals surface area contributed by atoms with Gasteiger partial charge in [0.15, 0.2) is 17.6 Å². The van der Waals surface area contributed by atoms with Crippen molar-refractivity contribution in [2.24, 2.45) is 0 Å². The van der Waals surface area contributed by atoms with Crippen LogP contribution in [0.1, 0.15) is 18.1 Å². The van der Waals surface area contributed by atoms with E-state index >= 15 is 0 Å². The fourth-order valence-electron chi connectivity index (χ4n) is 3.07. The van der Waals surface area contributed by atoms with Gasteiger partial charge in [0.1, 0.15) is 0 Å². The van der Waals surface area contributed by atoms with Crippen molar-refractivity contribution in [2.75, 3.05) is 6.79 Å². The largest absolute Gasteiger partial charge is 0.454 e. The second kappa shape index (κ2) is 8.65. The maximum atomic E-state index is 12.3. The maximum absolute atomic E-state index is 12.3. The van der Waals surface area contributed by atoms with Gasteiger partial charge < -0.3 is 19.5 Å². The van der Waals surface area contributed by atoms with Gasteiger partial charge in [-0.1, -0.05) is 30.3 Å². The molecule has 1 unspecified atom stereocenters. The molecule has 4 rings (SSSR count). The van der Waals surface area contributed by atoms with Gasteiger partial charge in [-0.3, -0.25) is 9.78 Å². The van der Waals surface area contributed by atoms with E-state index in [1.807, 2.05) is 36.4 Å². The number of benzene rings is 2. The van der Waals surface area contributed by atoms with Crippen LogP contribution in [0.3, 0.4) is 0 Å². The van der Waals surface area contributed by atoms with E-state index in [-0.39, 0.29) is 19.2 Å². The first-order valence-corrected chi connectivity index (χ1v) is 9.49. The van der Waals surface area contributed by atoms with E-state index < -0.39 is 12.1 Å². The van der Waals surface area contributed by atoms with Crippen molar-refractivity contribution in [1.82, 2.24) is 10.3 Å². The Labute approximate surface area is 173 Å². The van der Waals surface area contributed by atoms with E-state index in [4.69, 9.17) is 14.2 Å². The highest BCUT2D eigenvalue weighted by molar-refractivity contribution is 5.94. The molecule has 0 aliphatic carbocycles. The average Bonchev–Trinajstić information content (AvgIpc) is 3.23. The number of pyridine rings is 1. The van der Waals surface area contributed by atoms with Crippen molar-refractivity contribution in [3.63, 3.8) is 0 Å². The topological polar surface area (TPSA) is 86.8 Å². The van der Waals surface area contributed by atoms with E-state index in [1.54, 1.807) is 24.4 Å². The number of fused-ring (bicyclic) bond motifs is 2. The number of hydrogen-bond donors (Lipinski definition) is 1. The number of nitrogens with zero attached hydrogens (tertiary/aromatic N) is 1. The van der Waals surface area contributed by atoms with Gasteiger partial charge in [0, 0.05) is 29.8 Å². The van der Waals surface area contributed by atoms with Crippen molar-refractivity contribution >= 4 is 28.9 Å². The smallest absolute Gasteiger partial charge is 0.331 e. The van der Waals surface area contributed by atoms with E-state index in [1.165, 1.54) is 13.0 Å². The summed E-state index contributed by atoms with van der Waals surface area (Å²) in [5, 5.41) is 3.72. The Hall–Kier alpha value is -3.87. The average molecular weight is 404 g/mol. The zero-order valence-electron chi connectivity index (χ0n) is 16.3. The standard InChI is InChI=1S/C23H20N2O5/c1-15(23(27)25-13-16-7-9-19-20(12-16)29-14-28-19)30-21(26)10-8-18-5-2-4-17-6-3-11-24-22(17)18/h2-12,15H,13-14H2,1H3,(H,25,27)/b10-8+. The van der Waals surface area contributed by atoms with Crippen LogP contribution in [0.15, 0.2) is 60.8 Å². The van der Waals surface area contributed by atoms with E-state index in [2.05, 4.69) is 10.3 Å². The summed E-state index contributed by atoms with van der Waals surface area (Å²) in [4.78, 5) is 28.7. The first-order valence-electron chi connectivity index (χ1n) is 9.49. The van der Waals surface area contributed by atoms with E-state index in [0.717, 1.165) is 22.0 Å². The van der Waals surface area contributed by atoms with Crippen LogP contribution in [0.5, 0.6) is 11.5 Å². The molecule has 7 heteroatoms. The Morgan fingerprint density at radius 1 is 1.17 bits per heavy atom. The highest BCUT2D eigenvalue weighted by atomic mass is 16.7. The summed E-state index contributed by atoms with van der Waals surface area (Å²) in [7, 11) is 0. The van der Waals surface area contributed by atoms with Gasteiger partial charge in [-0.15, -0.1) is 0 Å². The number of para-hydroxylation sites is 1. The molecule has 1 aliphatic rings. The monoisotopic (exact) mass is 404 g/mol. The minimum atomic E-state index is -0.929. The number of carbonyl (C=O) groups is 2. The first kappa shape index (κ1) is 19.4. The number of esters is 1. The second-order valence-electron chi connectivity index (χ2n) is 6.74. The summed E-state index contributed by atoms with van der Waals surface area (Å²) >= 11 is 0. The summed E-state index contributed by atoms with van der Waals surface area (Å²) in [5.74, 6) is 0.338. The lowest BCUT2D eigenvalue weighted by Gasteiger charge is -2.12. The Balaban J connectivity index is 1.31. The number of ether oxygens (including phenoxy) is 3. The Morgan fingerprint density at radius 3 is 2.90 bits per heavy atom. The molecule has 0 bridgehead atoms. The second-order valence-corrected chi connectivity index (χ2v) is 6.74. The van der Waals surface area contributed by atoms with Crippen molar-refractivity contribution in [3.05, 3.63) is 71.9 Å². The molecule has 0 saturated heterocycles. The van der Waals surface area contributed by atoms with Crippen molar-refractivity contribution in [2.45, 2.75) is 19.6 Å². The number of nitrogens with one attached hydrogen (secondary N) is 1. The molecule has 1 aromatic heterocycles. The van der Waals surface area contributed by atoms with Crippen LogP contribution in [0, 0.1) is 0 Å². The summed E-state index contributed by atoms with van der Waals surface area (Å²) in [5.41, 5.74) is 2.44. The number of amides is 1. The zero-order chi connectivity index (χ0) is 20.9. The van der Waals surface area contributed by atoms with Gasteiger partial charge in [-0.25, -0.2) is 4.79 Å². The van der Waals surface area contributed by atoms with Crippen molar-refractivity contribution in [1.29, 1.82) is 0 Å². The highest BCUT2D eigenvalue weighted by Crippen LogP contribution is 2.32. The molecule has 152 valence electrons. The summed E-state index contributed by atoms with van der Waals surface area (Å²) in [6.07, 6.45) is 3.70. The number of hydrogen-bond acceptors (Lipinski definition) is 6. The van der Waals surface area contributed by atoms with Crippen LogP contribution in [0.25, 0.3) is 17.0 Å². The molecule has 1 N–H and O–H groups in total. The third kappa shape index (κ3) is 4.41. The highest BCUT2D eigenvalue weighted by Gasteiger charge is 2.17. The van der Waals surface area contributed by atoms with E-state index in [0.29, 0.717) is 11.5 Å². The molecule has 2 aromatic carbocycles. The SMILES string of the molecule is CC(OC(=O)/C=C/c1cccc2cccnc12)C(=O)NCc1ccc2c(c1)OCO2.